The van der Waals surface area contributed by atoms with Gasteiger partial charge in [0.1, 0.15) is 0 Å². The second-order valence-corrected chi connectivity index (χ2v) is 6.20. The number of likely N-dealkylation sites (N-methyl/N-ethyl adjacent to an activating group) is 2. The van der Waals surface area contributed by atoms with Gasteiger partial charge in [-0.25, -0.2) is 0 Å². The molecule has 1 fully saturated rings. The van der Waals surface area contributed by atoms with E-state index < -0.39 is 0 Å². The van der Waals surface area contributed by atoms with E-state index >= 15 is 0 Å². The van der Waals surface area contributed by atoms with Gasteiger partial charge in [0, 0.05) is 23.7 Å². The molecule has 3 N–H and O–H groups in total. The van der Waals surface area contributed by atoms with Crippen molar-refractivity contribution in [2.75, 3.05) is 33.7 Å². The highest BCUT2D eigenvalue weighted by Crippen LogP contribution is 2.16. The van der Waals surface area contributed by atoms with Crippen LogP contribution in [0, 0.1) is 0 Å². The minimum atomic E-state index is 0.238. The summed E-state index contributed by atoms with van der Waals surface area (Å²) in [6, 6.07) is 8.69. The smallest absolute Gasteiger partial charge is 0.0418 e. The summed E-state index contributed by atoms with van der Waals surface area (Å²) in [5.74, 6) is 5.82. The maximum absolute atomic E-state index is 5.94. The molecule has 0 saturated carbocycles. The van der Waals surface area contributed by atoms with Crippen LogP contribution < -0.4 is 11.3 Å². The number of halogens is 1. The zero-order valence-corrected chi connectivity index (χ0v) is 13.1. The van der Waals surface area contributed by atoms with Gasteiger partial charge in [-0.1, -0.05) is 23.7 Å². The molecule has 4 nitrogen and oxygen atoms in total. The summed E-state index contributed by atoms with van der Waals surface area (Å²) in [4.78, 5) is 4.81. The lowest BCUT2D eigenvalue weighted by molar-refractivity contribution is 0.177. The highest BCUT2D eigenvalue weighted by molar-refractivity contribution is 6.30. The van der Waals surface area contributed by atoms with E-state index in [4.69, 9.17) is 17.4 Å². The Morgan fingerprint density at radius 2 is 2.00 bits per heavy atom. The Balaban J connectivity index is 2.07. The molecule has 2 rings (SSSR count). The lowest BCUT2D eigenvalue weighted by atomic mass is 9.98. The fourth-order valence-corrected chi connectivity index (χ4v) is 3.05. The van der Waals surface area contributed by atoms with E-state index in [9.17, 15) is 0 Å². The van der Waals surface area contributed by atoms with E-state index in [1.54, 1.807) is 0 Å². The van der Waals surface area contributed by atoms with Crippen LogP contribution in [0.4, 0.5) is 0 Å². The number of rotatable bonds is 4. The summed E-state index contributed by atoms with van der Waals surface area (Å²) in [5, 5.41) is 0.775. The number of hydrogen-bond acceptors (Lipinski definition) is 4. The standard InChI is InChI=1S/C15H25ClN4/c1-19-8-3-9-20(2)15(11-19)14(18-17)10-12-4-6-13(16)7-5-12/h4-7,14-15,18H,3,8-11,17H2,1-2H3. The molecule has 5 heteroatoms. The Bertz CT molecular complexity index is 409. The monoisotopic (exact) mass is 296 g/mol. The zero-order chi connectivity index (χ0) is 14.5. The van der Waals surface area contributed by atoms with Crippen LogP contribution in [-0.2, 0) is 6.42 Å². The van der Waals surface area contributed by atoms with E-state index in [1.807, 2.05) is 12.1 Å². The highest BCUT2D eigenvalue weighted by Gasteiger charge is 2.27. The van der Waals surface area contributed by atoms with Crippen molar-refractivity contribution in [3.8, 4) is 0 Å². The van der Waals surface area contributed by atoms with Crippen molar-refractivity contribution in [1.29, 1.82) is 0 Å². The summed E-state index contributed by atoms with van der Waals surface area (Å²) in [6.45, 7) is 3.31. The quantitative estimate of drug-likeness (QED) is 0.650. The van der Waals surface area contributed by atoms with Crippen LogP contribution in [0.25, 0.3) is 0 Å². The van der Waals surface area contributed by atoms with Gasteiger partial charge in [0.15, 0.2) is 0 Å². The summed E-state index contributed by atoms with van der Waals surface area (Å²) >= 11 is 5.94. The Morgan fingerprint density at radius 3 is 2.65 bits per heavy atom. The summed E-state index contributed by atoms with van der Waals surface area (Å²) in [7, 11) is 4.37. The molecule has 1 aromatic rings. The maximum Gasteiger partial charge on any atom is 0.0418 e. The predicted molar refractivity (Wildman–Crippen MR) is 84.8 cm³/mol. The molecule has 1 heterocycles. The molecular weight excluding hydrogens is 272 g/mol. The first-order valence-electron chi connectivity index (χ1n) is 7.19. The number of nitrogens with two attached hydrogens (primary N) is 1. The van der Waals surface area contributed by atoms with Gasteiger partial charge >= 0.3 is 0 Å². The number of hydrogen-bond donors (Lipinski definition) is 2. The molecule has 0 radical (unpaired) electrons. The largest absolute Gasteiger partial charge is 0.305 e. The van der Waals surface area contributed by atoms with E-state index in [1.165, 1.54) is 12.0 Å². The molecule has 1 aliphatic rings. The number of nitrogens with one attached hydrogen (secondary N) is 1. The van der Waals surface area contributed by atoms with E-state index in [-0.39, 0.29) is 6.04 Å². The number of hydrazine groups is 1. The van der Waals surface area contributed by atoms with Gasteiger partial charge in [0.25, 0.3) is 0 Å². The van der Waals surface area contributed by atoms with Crippen molar-refractivity contribution in [1.82, 2.24) is 15.2 Å². The molecule has 1 aromatic carbocycles. The molecule has 0 aliphatic carbocycles. The zero-order valence-electron chi connectivity index (χ0n) is 12.3. The van der Waals surface area contributed by atoms with Crippen LogP contribution in [0.5, 0.6) is 0 Å². The van der Waals surface area contributed by atoms with Gasteiger partial charge in [-0.2, -0.15) is 0 Å². The minimum Gasteiger partial charge on any atom is -0.305 e. The van der Waals surface area contributed by atoms with Gasteiger partial charge in [-0.3, -0.25) is 11.3 Å². The highest BCUT2D eigenvalue weighted by atomic mass is 35.5. The minimum absolute atomic E-state index is 0.238. The van der Waals surface area contributed by atoms with Crippen LogP contribution >= 0.6 is 11.6 Å². The molecule has 112 valence electrons. The van der Waals surface area contributed by atoms with E-state index in [0.717, 1.165) is 31.1 Å². The molecule has 2 unspecified atom stereocenters. The molecule has 0 aromatic heterocycles. The topological polar surface area (TPSA) is 44.5 Å². The summed E-state index contributed by atoms with van der Waals surface area (Å²) in [6.07, 6.45) is 2.12. The first-order chi connectivity index (χ1) is 9.60. The van der Waals surface area contributed by atoms with Crippen LogP contribution in [-0.4, -0.2) is 55.6 Å². The molecule has 2 atom stereocenters. The first-order valence-corrected chi connectivity index (χ1v) is 7.57. The SMILES string of the molecule is CN1CCCN(C)C(C(Cc2ccc(Cl)cc2)NN)C1. The third-order valence-corrected chi connectivity index (χ3v) is 4.41. The normalized spacial score (nSPS) is 23.5. The Kier molecular flexibility index (Phi) is 5.81. The van der Waals surface area contributed by atoms with Crippen molar-refractivity contribution in [3.05, 3.63) is 34.9 Å². The third kappa shape index (κ3) is 4.17. The van der Waals surface area contributed by atoms with Crippen molar-refractivity contribution in [2.24, 2.45) is 5.84 Å². The lowest BCUT2D eigenvalue weighted by Gasteiger charge is -2.34. The molecule has 1 aliphatic heterocycles. The van der Waals surface area contributed by atoms with Gasteiger partial charge < -0.3 is 9.80 Å². The van der Waals surface area contributed by atoms with Crippen LogP contribution in [0.1, 0.15) is 12.0 Å². The Hall–Kier alpha value is -0.650. The van der Waals surface area contributed by atoms with Gasteiger partial charge in [-0.05, 0) is 57.7 Å². The Labute approximate surface area is 126 Å². The third-order valence-electron chi connectivity index (χ3n) is 4.16. The number of nitrogens with zero attached hydrogens (tertiary/aromatic N) is 2. The van der Waals surface area contributed by atoms with Gasteiger partial charge in [0.2, 0.25) is 0 Å². The van der Waals surface area contributed by atoms with Crippen LogP contribution in [0.15, 0.2) is 24.3 Å². The lowest BCUT2D eigenvalue weighted by Crippen LogP contribution is -2.55. The molecule has 20 heavy (non-hydrogen) atoms. The van der Waals surface area contributed by atoms with Crippen molar-refractivity contribution >= 4 is 11.6 Å². The van der Waals surface area contributed by atoms with Gasteiger partial charge in [-0.15, -0.1) is 0 Å². The van der Waals surface area contributed by atoms with E-state index in [2.05, 4.69) is 41.5 Å². The molecule has 0 bridgehead atoms. The van der Waals surface area contributed by atoms with Gasteiger partial charge in [0.05, 0.1) is 0 Å². The predicted octanol–water partition coefficient (Wildman–Crippen LogP) is 1.35. The molecule has 1 saturated heterocycles. The average molecular weight is 297 g/mol. The first kappa shape index (κ1) is 15.7. The van der Waals surface area contributed by atoms with Crippen molar-refractivity contribution in [2.45, 2.75) is 24.9 Å². The summed E-state index contributed by atoms with van der Waals surface area (Å²) in [5.41, 5.74) is 4.27. The molecule has 0 amide bonds. The fourth-order valence-electron chi connectivity index (χ4n) is 2.92. The van der Waals surface area contributed by atoms with E-state index in [0.29, 0.717) is 6.04 Å². The fraction of sp³-hybridized carbons (Fsp3) is 0.600. The van der Waals surface area contributed by atoms with Crippen molar-refractivity contribution in [3.63, 3.8) is 0 Å². The average Bonchev–Trinajstić information content (AvgIpc) is 2.60. The second-order valence-electron chi connectivity index (χ2n) is 5.77. The number of benzene rings is 1. The van der Waals surface area contributed by atoms with Crippen molar-refractivity contribution < 1.29 is 0 Å². The second kappa shape index (κ2) is 7.38. The molecular formula is C15H25ClN4. The Morgan fingerprint density at radius 1 is 1.30 bits per heavy atom. The summed E-state index contributed by atoms with van der Waals surface area (Å²) < 4.78 is 0. The van der Waals surface area contributed by atoms with Crippen LogP contribution in [0.3, 0.4) is 0 Å². The molecule has 0 spiro atoms. The van der Waals surface area contributed by atoms with Crippen LogP contribution in [0.2, 0.25) is 5.02 Å². The maximum atomic E-state index is 5.94.